The number of alkyl halides is 7. The first-order chi connectivity index (χ1) is 11.8. The van der Waals surface area contributed by atoms with Gasteiger partial charge in [-0.2, -0.15) is 30.7 Å². The van der Waals surface area contributed by atoms with Crippen LogP contribution >= 0.6 is 38.5 Å². The quantitative estimate of drug-likeness (QED) is 0.163. The van der Waals surface area contributed by atoms with Crippen LogP contribution in [-0.4, -0.2) is 30.6 Å². The summed E-state index contributed by atoms with van der Waals surface area (Å²) in [6.45, 7) is -0.212. The first-order valence-electron chi connectivity index (χ1n) is 6.90. The Kier molecular flexibility index (Phi) is 7.93. The third-order valence-electron chi connectivity index (χ3n) is 2.99. The molecule has 0 aliphatic heterocycles. The van der Waals surface area contributed by atoms with Gasteiger partial charge >= 0.3 is 24.0 Å². The van der Waals surface area contributed by atoms with Crippen LogP contribution in [0.3, 0.4) is 0 Å². The molecule has 146 valence electrons. The topological polar surface area (TPSA) is 26.3 Å². The van der Waals surface area contributed by atoms with Gasteiger partial charge in [0.25, 0.3) is 0 Å². The van der Waals surface area contributed by atoms with E-state index in [2.05, 4.69) is 15.9 Å². The highest BCUT2D eigenvalue weighted by Crippen LogP contribution is 2.48. The molecule has 0 radical (unpaired) electrons. The van der Waals surface area contributed by atoms with Crippen LogP contribution in [0.1, 0.15) is 23.2 Å². The van der Waals surface area contributed by atoms with Crippen molar-refractivity contribution in [3.05, 3.63) is 44.0 Å². The lowest BCUT2D eigenvalue weighted by Gasteiger charge is -2.26. The molecule has 0 saturated carbocycles. The Hall–Kier alpha value is -0.850. The van der Waals surface area contributed by atoms with Crippen LogP contribution in [0, 0.1) is 0 Å². The average Bonchev–Trinajstić information content (AvgIpc) is 2.50. The number of rotatable bonds is 7. The number of carbonyl (C=O) groups excluding carboxylic acids is 1. The van der Waals surface area contributed by atoms with Crippen LogP contribution < -0.4 is 0 Å². The van der Waals surface area contributed by atoms with E-state index in [0.29, 0.717) is 0 Å². The van der Waals surface area contributed by atoms with Crippen LogP contribution in [0.25, 0.3) is 0 Å². The van der Waals surface area contributed by atoms with Crippen molar-refractivity contribution in [2.24, 2.45) is 0 Å². The fourth-order valence-electron chi connectivity index (χ4n) is 1.62. The largest absolute Gasteiger partial charge is 0.462 e. The lowest BCUT2D eigenvalue weighted by molar-refractivity contribution is -0.341. The van der Waals surface area contributed by atoms with Crippen LogP contribution in [0.5, 0.6) is 0 Å². The number of carbonyl (C=O) groups is 1. The molecule has 1 rings (SSSR count). The van der Waals surface area contributed by atoms with Crippen molar-refractivity contribution in [1.82, 2.24) is 0 Å². The first-order valence-corrected chi connectivity index (χ1v) is 8.77. The van der Waals surface area contributed by atoms with E-state index in [1.807, 2.05) is 0 Å². The van der Waals surface area contributed by atoms with Gasteiger partial charge in [-0.05, 0) is 63.3 Å². The van der Waals surface area contributed by atoms with Crippen molar-refractivity contribution in [3.8, 4) is 0 Å². The molecule has 11 heteroatoms. The summed E-state index contributed by atoms with van der Waals surface area (Å²) in [7, 11) is 0. The van der Waals surface area contributed by atoms with E-state index in [0.717, 1.165) is 4.47 Å². The van der Waals surface area contributed by atoms with Gasteiger partial charge in [-0.25, -0.2) is 4.79 Å². The lowest BCUT2D eigenvalue weighted by atomic mass is 10.1. The average molecular weight is 563 g/mol. The van der Waals surface area contributed by atoms with Gasteiger partial charge < -0.3 is 4.74 Å². The van der Waals surface area contributed by atoms with Crippen molar-refractivity contribution in [2.45, 2.75) is 30.9 Å². The van der Waals surface area contributed by atoms with Gasteiger partial charge in [-0.1, -0.05) is 15.9 Å². The highest BCUT2D eigenvalue weighted by molar-refractivity contribution is 14.1. The summed E-state index contributed by atoms with van der Waals surface area (Å²) >= 11 is 4.42. The molecule has 0 heterocycles. The van der Waals surface area contributed by atoms with Gasteiger partial charge in [0.05, 0.1) is 12.2 Å². The second-order valence-electron chi connectivity index (χ2n) is 5.03. The predicted molar refractivity (Wildman–Crippen MR) is 91.7 cm³/mol. The Morgan fingerprint density at radius 3 is 2.12 bits per heavy atom. The van der Waals surface area contributed by atoms with Gasteiger partial charge in [0.1, 0.15) is 0 Å². The maximum absolute atomic E-state index is 13.2. The van der Waals surface area contributed by atoms with Gasteiger partial charge in [0.15, 0.2) is 0 Å². The Bertz CT molecular complexity index is 657. The molecule has 0 aliphatic carbocycles. The minimum absolute atomic E-state index is 0.0231. The standard InChI is InChI=1S/C15H11BrF7IO2/c16-10-5-3-9(4-6-10)12(25)26-7-1-2-11(24)8-13(17,18)14(19,20)15(21,22)23/h3-6,8H,1-2,7H2. The van der Waals surface area contributed by atoms with Crippen molar-refractivity contribution in [1.29, 1.82) is 0 Å². The molecular weight excluding hydrogens is 552 g/mol. The van der Waals surface area contributed by atoms with E-state index >= 15 is 0 Å². The van der Waals surface area contributed by atoms with Gasteiger partial charge in [-0.15, -0.1) is 0 Å². The number of hydrogen-bond donors (Lipinski definition) is 0. The Labute approximate surface area is 166 Å². The highest BCUT2D eigenvalue weighted by Gasteiger charge is 2.72. The van der Waals surface area contributed by atoms with E-state index in [1.54, 1.807) is 12.1 Å². The van der Waals surface area contributed by atoms with E-state index < -0.39 is 33.6 Å². The van der Waals surface area contributed by atoms with Crippen LogP contribution in [0.4, 0.5) is 30.7 Å². The third kappa shape index (κ3) is 6.10. The molecule has 1 aromatic carbocycles. The molecule has 1 aromatic rings. The zero-order valence-corrected chi connectivity index (χ0v) is 16.5. The van der Waals surface area contributed by atoms with Gasteiger partial charge in [0, 0.05) is 10.5 Å². The summed E-state index contributed by atoms with van der Waals surface area (Å²) in [6.07, 6.45) is -7.07. The predicted octanol–water partition coefficient (Wildman–Crippen LogP) is 6.54. The van der Waals surface area contributed by atoms with Crippen LogP contribution in [0.15, 0.2) is 38.4 Å². The Morgan fingerprint density at radius 1 is 1.08 bits per heavy atom. The minimum Gasteiger partial charge on any atom is -0.462 e. The van der Waals surface area contributed by atoms with Crippen molar-refractivity contribution >= 4 is 44.5 Å². The van der Waals surface area contributed by atoms with Crippen molar-refractivity contribution < 1.29 is 40.3 Å². The third-order valence-corrected chi connectivity index (χ3v) is 4.37. The Balaban J connectivity index is 2.55. The molecule has 0 aliphatic rings. The number of esters is 1. The summed E-state index contributed by atoms with van der Waals surface area (Å²) in [4.78, 5) is 11.7. The lowest BCUT2D eigenvalue weighted by Crippen LogP contribution is -2.50. The molecule has 0 fully saturated rings. The SMILES string of the molecule is O=C(OCCCC(I)=CC(F)(F)C(F)(F)C(F)(F)F)c1ccc(Br)cc1. The number of benzene rings is 1. The van der Waals surface area contributed by atoms with Crippen LogP contribution in [0.2, 0.25) is 0 Å². The van der Waals surface area contributed by atoms with E-state index in [4.69, 9.17) is 4.74 Å². The van der Waals surface area contributed by atoms with E-state index in [9.17, 15) is 35.5 Å². The van der Waals surface area contributed by atoms with E-state index in [1.165, 1.54) is 34.7 Å². The number of halogens is 9. The molecule has 0 spiro atoms. The number of allylic oxidation sites excluding steroid dienone is 2. The molecule has 2 nitrogen and oxygen atoms in total. The second kappa shape index (κ2) is 8.89. The number of ether oxygens (including phenoxy) is 1. The molecular formula is C15H11BrF7IO2. The zero-order chi connectivity index (χ0) is 20.2. The molecule has 0 aromatic heterocycles. The van der Waals surface area contributed by atoms with Crippen molar-refractivity contribution in [2.75, 3.05) is 6.61 Å². The summed E-state index contributed by atoms with van der Waals surface area (Å²) in [5.74, 6) is -12.2. The summed E-state index contributed by atoms with van der Waals surface area (Å²) in [6, 6.07) is 6.17. The Morgan fingerprint density at radius 2 is 1.62 bits per heavy atom. The first kappa shape index (κ1) is 23.2. The molecule has 0 saturated heterocycles. The molecule has 26 heavy (non-hydrogen) atoms. The van der Waals surface area contributed by atoms with Gasteiger partial charge in [-0.3, -0.25) is 0 Å². The molecule has 0 unspecified atom stereocenters. The maximum atomic E-state index is 13.2. The minimum atomic E-state index is -6.37. The second-order valence-corrected chi connectivity index (χ2v) is 7.33. The molecule has 0 N–H and O–H groups in total. The summed E-state index contributed by atoms with van der Waals surface area (Å²) in [5.41, 5.74) is 0.245. The summed E-state index contributed by atoms with van der Waals surface area (Å²) < 4.78 is 93.3. The maximum Gasteiger partial charge on any atom is 0.460 e. The summed E-state index contributed by atoms with van der Waals surface area (Å²) in [5, 5.41) is 0. The van der Waals surface area contributed by atoms with Crippen molar-refractivity contribution in [3.63, 3.8) is 0 Å². The van der Waals surface area contributed by atoms with E-state index in [-0.39, 0.29) is 25.0 Å². The highest BCUT2D eigenvalue weighted by atomic mass is 127. The zero-order valence-electron chi connectivity index (χ0n) is 12.7. The number of hydrogen-bond acceptors (Lipinski definition) is 2. The van der Waals surface area contributed by atoms with Crippen LogP contribution in [-0.2, 0) is 4.74 Å². The fraction of sp³-hybridized carbons (Fsp3) is 0.400. The molecule has 0 amide bonds. The molecule has 0 atom stereocenters. The molecule has 0 bridgehead atoms. The normalized spacial score (nSPS) is 13.7. The monoisotopic (exact) mass is 562 g/mol. The van der Waals surface area contributed by atoms with Gasteiger partial charge in [0.2, 0.25) is 0 Å². The smallest absolute Gasteiger partial charge is 0.460 e. The fourth-order valence-corrected chi connectivity index (χ4v) is 2.66.